The molecule has 0 aliphatic heterocycles. The summed E-state index contributed by atoms with van der Waals surface area (Å²) in [6.07, 6.45) is 3.37. The van der Waals surface area contributed by atoms with Crippen LogP contribution < -0.4 is 10.6 Å². The van der Waals surface area contributed by atoms with E-state index in [-0.39, 0.29) is 23.5 Å². The number of nitrogens with one attached hydrogen (secondary N) is 2. The standard InChI is InChI=1S/C15H31N3O2/c1-11(15(2,3)10-18(4)5)16-14(20)17-12-8-6-7-9-13(12)19/h11-13,19H,6-10H2,1-5H3,(H2,16,17,20). The molecule has 0 radical (unpaired) electrons. The zero-order chi connectivity index (χ0) is 15.3. The van der Waals surface area contributed by atoms with Crippen LogP contribution in [0.5, 0.6) is 0 Å². The largest absolute Gasteiger partial charge is 0.391 e. The third-order valence-electron chi connectivity index (χ3n) is 4.29. The number of nitrogens with zero attached hydrogens (tertiary/aromatic N) is 1. The van der Waals surface area contributed by atoms with E-state index in [9.17, 15) is 9.90 Å². The molecule has 20 heavy (non-hydrogen) atoms. The Morgan fingerprint density at radius 1 is 1.35 bits per heavy atom. The van der Waals surface area contributed by atoms with E-state index >= 15 is 0 Å². The van der Waals surface area contributed by atoms with Crippen molar-refractivity contribution in [3.8, 4) is 0 Å². The molecule has 0 aromatic rings. The molecule has 1 saturated carbocycles. The van der Waals surface area contributed by atoms with Crippen molar-refractivity contribution in [2.24, 2.45) is 5.41 Å². The van der Waals surface area contributed by atoms with E-state index in [0.717, 1.165) is 32.2 Å². The molecule has 2 amide bonds. The first-order valence-corrected chi connectivity index (χ1v) is 7.62. The smallest absolute Gasteiger partial charge is 0.315 e. The molecule has 3 unspecified atom stereocenters. The summed E-state index contributed by atoms with van der Waals surface area (Å²) in [5, 5.41) is 15.8. The lowest BCUT2D eigenvalue weighted by Crippen LogP contribution is -2.54. The van der Waals surface area contributed by atoms with Crippen molar-refractivity contribution in [3.05, 3.63) is 0 Å². The summed E-state index contributed by atoms with van der Waals surface area (Å²) in [6.45, 7) is 7.22. The van der Waals surface area contributed by atoms with Gasteiger partial charge in [0.25, 0.3) is 0 Å². The van der Waals surface area contributed by atoms with Crippen LogP contribution in [0.25, 0.3) is 0 Å². The summed E-state index contributed by atoms with van der Waals surface area (Å²) in [6, 6.07) is -0.214. The number of hydrogen-bond acceptors (Lipinski definition) is 3. The SMILES string of the molecule is CC(NC(=O)NC1CCCCC1O)C(C)(C)CN(C)C. The fraction of sp³-hybridized carbons (Fsp3) is 0.933. The minimum Gasteiger partial charge on any atom is -0.391 e. The molecule has 0 heterocycles. The number of amides is 2. The first-order chi connectivity index (χ1) is 9.22. The van der Waals surface area contributed by atoms with Gasteiger partial charge in [-0.3, -0.25) is 0 Å². The second-order valence-corrected chi connectivity index (χ2v) is 7.02. The molecule has 1 rings (SSSR count). The van der Waals surface area contributed by atoms with Gasteiger partial charge in [-0.05, 0) is 39.3 Å². The summed E-state index contributed by atoms with van der Waals surface area (Å²) in [7, 11) is 4.07. The van der Waals surface area contributed by atoms with E-state index in [1.807, 2.05) is 21.0 Å². The quantitative estimate of drug-likeness (QED) is 0.718. The Balaban J connectivity index is 2.44. The molecule has 1 aliphatic carbocycles. The fourth-order valence-corrected chi connectivity index (χ4v) is 2.83. The van der Waals surface area contributed by atoms with Gasteiger partial charge in [0.05, 0.1) is 12.1 Å². The van der Waals surface area contributed by atoms with Crippen LogP contribution in [0.15, 0.2) is 0 Å². The lowest BCUT2D eigenvalue weighted by Gasteiger charge is -2.36. The van der Waals surface area contributed by atoms with Crippen molar-refractivity contribution in [2.45, 2.75) is 64.6 Å². The van der Waals surface area contributed by atoms with Gasteiger partial charge in [-0.15, -0.1) is 0 Å². The Morgan fingerprint density at radius 2 is 1.95 bits per heavy atom. The molecule has 0 aromatic heterocycles. The van der Waals surface area contributed by atoms with E-state index < -0.39 is 6.10 Å². The first kappa shape index (κ1) is 17.2. The van der Waals surface area contributed by atoms with E-state index in [1.54, 1.807) is 0 Å². The maximum absolute atomic E-state index is 12.1. The average molecular weight is 285 g/mol. The normalized spacial score (nSPS) is 25.4. The van der Waals surface area contributed by atoms with E-state index in [2.05, 4.69) is 29.4 Å². The number of aliphatic hydroxyl groups excluding tert-OH is 1. The molecule has 118 valence electrons. The fourth-order valence-electron chi connectivity index (χ4n) is 2.83. The lowest BCUT2D eigenvalue weighted by molar-refractivity contribution is 0.0930. The average Bonchev–Trinajstić information content (AvgIpc) is 2.30. The minimum atomic E-state index is -0.403. The molecule has 1 fully saturated rings. The second-order valence-electron chi connectivity index (χ2n) is 7.02. The Kier molecular flexibility index (Phi) is 6.27. The maximum atomic E-state index is 12.1. The highest BCUT2D eigenvalue weighted by molar-refractivity contribution is 5.74. The molecule has 0 saturated heterocycles. The zero-order valence-electron chi connectivity index (χ0n) is 13.6. The summed E-state index contributed by atoms with van der Waals surface area (Å²) >= 11 is 0. The monoisotopic (exact) mass is 285 g/mol. The van der Waals surface area contributed by atoms with Crippen molar-refractivity contribution < 1.29 is 9.90 Å². The Morgan fingerprint density at radius 3 is 2.50 bits per heavy atom. The molecule has 3 N–H and O–H groups in total. The second kappa shape index (κ2) is 7.27. The van der Waals surface area contributed by atoms with Crippen LogP contribution in [-0.4, -0.2) is 54.9 Å². The number of hydrogen-bond donors (Lipinski definition) is 3. The maximum Gasteiger partial charge on any atom is 0.315 e. The Labute approximate surface area is 123 Å². The van der Waals surface area contributed by atoms with Gasteiger partial charge in [0.15, 0.2) is 0 Å². The summed E-state index contributed by atoms with van der Waals surface area (Å²) in [5.41, 5.74) is -0.00792. The predicted octanol–water partition coefficient (Wildman–Crippen LogP) is 1.57. The molecule has 0 spiro atoms. The molecule has 3 atom stereocenters. The third-order valence-corrected chi connectivity index (χ3v) is 4.29. The summed E-state index contributed by atoms with van der Waals surface area (Å²) in [4.78, 5) is 14.2. The summed E-state index contributed by atoms with van der Waals surface area (Å²) < 4.78 is 0. The third kappa shape index (κ3) is 5.29. The van der Waals surface area contributed by atoms with Crippen LogP contribution in [0.4, 0.5) is 4.79 Å². The van der Waals surface area contributed by atoms with Crippen LogP contribution in [-0.2, 0) is 0 Å². The van der Waals surface area contributed by atoms with Crippen molar-refractivity contribution >= 4 is 6.03 Å². The number of carbonyl (C=O) groups excluding carboxylic acids is 1. The van der Waals surface area contributed by atoms with E-state index in [1.165, 1.54) is 0 Å². The highest BCUT2D eigenvalue weighted by Crippen LogP contribution is 2.21. The topological polar surface area (TPSA) is 64.6 Å². The minimum absolute atomic E-state index is 0.00792. The highest BCUT2D eigenvalue weighted by Gasteiger charge is 2.29. The molecule has 0 bridgehead atoms. The van der Waals surface area contributed by atoms with Gasteiger partial charge < -0.3 is 20.6 Å². The van der Waals surface area contributed by atoms with Crippen LogP contribution in [0.1, 0.15) is 46.5 Å². The van der Waals surface area contributed by atoms with Crippen molar-refractivity contribution in [1.82, 2.24) is 15.5 Å². The van der Waals surface area contributed by atoms with Gasteiger partial charge >= 0.3 is 6.03 Å². The zero-order valence-corrected chi connectivity index (χ0v) is 13.6. The van der Waals surface area contributed by atoms with E-state index in [4.69, 9.17) is 0 Å². The van der Waals surface area contributed by atoms with Crippen LogP contribution in [0, 0.1) is 5.41 Å². The van der Waals surface area contributed by atoms with Crippen molar-refractivity contribution in [2.75, 3.05) is 20.6 Å². The van der Waals surface area contributed by atoms with Gasteiger partial charge in [0, 0.05) is 12.6 Å². The molecular weight excluding hydrogens is 254 g/mol. The van der Waals surface area contributed by atoms with Crippen LogP contribution in [0.3, 0.4) is 0 Å². The number of aliphatic hydroxyl groups is 1. The van der Waals surface area contributed by atoms with E-state index in [0.29, 0.717) is 0 Å². The molecule has 1 aliphatic rings. The summed E-state index contributed by atoms with van der Waals surface area (Å²) in [5.74, 6) is 0. The molecular formula is C15H31N3O2. The number of urea groups is 1. The number of carbonyl (C=O) groups is 1. The van der Waals surface area contributed by atoms with Gasteiger partial charge in [-0.2, -0.15) is 0 Å². The first-order valence-electron chi connectivity index (χ1n) is 7.62. The predicted molar refractivity (Wildman–Crippen MR) is 81.7 cm³/mol. The molecule has 5 heteroatoms. The Bertz CT molecular complexity index is 318. The van der Waals surface area contributed by atoms with Crippen molar-refractivity contribution in [3.63, 3.8) is 0 Å². The number of rotatable bonds is 5. The van der Waals surface area contributed by atoms with Gasteiger partial charge in [0.2, 0.25) is 0 Å². The lowest BCUT2D eigenvalue weighted by atomic mass is 9.85. The van der Waals surface area contributed by atoms with Gasteiger partial charge in [-0.1, -0.05) is 26.7 Å². The molecule has 5 nitrogen and oxygen atoms in total. The van der Waals surface area contributed by atoms with Gasteiger partial charge in [-0.25, -0.2) is 4.79 Å². The highest BCUT2D eigenvalue weighted by atomic mass is 16.3. The molecule has 0 aromatic carbocycles. The van der Waals surface area contributed by atoms with Crippen LogP contribution >= 0.6 is 0 Å². The van der Waals surface area contributed by atoms with Gasteiger partial charge in [0.1, 0.15) is 0 Å². The van der Waals surface area contributed by atoms with Crippen LogP contribution in [0.2, 0.25) is 0 Å². The Hall–Kier alpha value is -0.810. The van der Waals surface area contributed by atoms with Crippen molar-refractivity contribution in [1.29, 1.82) is 0 Å².